The van der Waals surface area contributed by atoms with Crippen LogP contribution in [0.2, 0.25) is 0 Å². The van der Waals surface area contributed by atoms with Gasteiger partial charge < -0.3 is 0 Å². The van der Waals surface area contributed by atoms with Gasteiger partial charge in [0.25, 0.3) is 10.0 Å². The molecule has 1 aliphatic rings. The van der Waals surface area contributed by atoms with Crippen molar-refractivity contribution in [3.63, 3.8) is 0 Å². The molecule has 0 unspecified atom stereocenters. The van der Waals surface area contributed by atoms with Crippen LogP contribution in [0.1, 0.15) is 25.0 Å². The van der Waals surface area contributed by atoms with Gasteiger partial charge in [-0.15, -0.1) is 4.40 Å². The molecule has 1 aliphatic heterocycles. The Kier molecular flexibility index (Phi) is 2.80. The monoisotopic (exact) mass is 257 g/mol. The summed E-state index contributed by atoms with van der Waals surface area (Å²) >= 11 is 5.76. The molecule has 16 heavy (non-hydrogen) atoms. The summed E-state index contributed by atoms with van der Waals surface area (Å²) in [4.78, 5) is 0.232. The molecule has 2 rings (SSSR count). The Balaban J connectivity index is 2.50. The first-order valence-electron chi connectivity index (χ1n) is 5.04. The lowest BCUT2D eigenvalue weighted by Crippen LogP contribution is -1.99. The van der Waals surface area contributed by atoms with Crippen LogP contribution in [0.25, 0.3) is 0 Å². The van der Waals surface area contributed by atoms with E-state index >= 15 is 0 Å². The standard InChI is InChI=1S/C11H12ClNO2S/c1-7(2)5-8-3-4-9-10(6-8)16(14,15)13-11(9)12/h3-4,6-7H,5H2,1-2H3. The van der Waals surface area contributed by atoms with Gasteiger partial charge in [-0.3, -0.25) is 0 Å². The normalized spacial score (nSPS) is 17.4. The fourth-order valence-electron chi connectivity index (χ4n) is 1.75. The average Bonchev–Trinajstić information content (AvgIpc) is 2.36. The Morgan fingerprint density at radius 3 is 2.69 bits per heavy atom. The van der Waals surface area contributed by atoms with Gasteiger partial charge in [0.2, 0.25) is 0 Å². The highest BCUT2D eigenvalue weighted by molar-refractivity contribution is 7.91. The molecule has 0 aliphatic carbocycles. The van der Waals surface area contributed by atoms with Gasteiger partial charge in [-0.1, -0.05) is 37.6 Å². The lowest BCUT2D eigenvalue weighted by Gasteiger charge is -2.06. The van der Waals surface area contributed by atoms with E-state index in [2.05, 4.69) is 18.2 Å². The maximum Gasteiger partial charge on any atom is 0.284 e. The molecule has 0 bridgehead atoms. The number of nitrogens with zero attached hydrogens (tertiary/aromatic N) is 1. The number of sulfonamides is 1. The number of hydrogen-bond acceptors (Lipinski definition) is 2. The van der Waals surface area contributed by atoms with E-state index in [4.69, 9.17) is 11.6 Å². The molecule has 0 radical (unpaired) electrons. The predicted octanol–water partition coefficient (Wildman–Crippen LogP) is 2.57. The van der Waals surface area contributed by atoms with Crippen molar-refractivity contribution in [3.8, 4) is 0 Å². The molecule has 0 aromatic heterocycles. The minimum atomic E-state index is -3.56. The van der Waals surface area contributed by atoms with Crippen LogP contribution < -0.4 is 0 Å². The Bertz CT molecular complexity index is 561. The van der Waals surface area contributed by atoms with Crippen molar-refractivity contribution in [2.45, 2.75) is 25.2 Å². The van der Waals surface area contributed by atoms with E-state index in [1.165, 1.54) is 0 Å². The lowest BCUT2D eigenvalue weighted by atomic mass is 10.0. The molecule has 0 N–H and O–H groups in total. The molecule has 0 saturated carbocycles. The zero-order valence-corrected chi connectivity index (χ0v) is 10.6. The Morgan fingerprint density at radius 1 is 1.38 bits per heavy atom. The molecule has 1 aromatic rings. The molecule has 1 aromatic carbocycles. The number of rotatable bonds is 2. The van der Waals surface area contributed by atoms with Crippen molar-refractivity contribution >= 4 is 26.8 Å². The Morgan fingerprint density at radius 2 is 2.06 bits per heavy atom. The summed E-state index contributed by atoms with van der Waals surface area (Å²) in [6.45, 7) is 4.18. The van der Waals surface area contributed by atoms with E-state index in [9.17, 15) is 8.42 Å². The molecule has 0 saturated heterocycles. The lowest BCUT2D eigenvalue weighted by molar-refractivity contribution is 0.598. The van der Waals surface area contributed by atoms with E-state index in [1.54, 1.807) is 12.1 Å². The largest absolute Gasteiger partial charge is 0.284 e. The highest BCUT2D eigenvalue weighted by Crippen LogP contribution is 2.29. The first-order valence-corrected chi connectivity index (χ1v) is 6.86. The third-order valence-electron chi connectivity index (χ3n) is 2.39. The van der Waals surface area contributed by atoms with Gasteiger partial charge in [0.15, 0.2) is 5.17 Å². The first kappa shape index (κ1) is 11.6. The molecule has 0 spiro atoms. The number of benzene rings is 1. The molecule has 86 valence electrons. The van der Waals surface area contributed by atoms with Gasteiger partial charge in [-0.2, -0.15) is 8.42 Å². The molecular formula is C11H12ClNO2S. The van der Waals surface area contributed by atoms with Gasteiger partial charge in [0, 0.05) is 5.56 Å². The maximum atomic E-state index is 11.6. The summed E-state index contributed by atoms with van der Waals surface area (Å²) in [6, 6.07) is 5.30. The van der Waals surface area contributed by atoms with Gasteiger partial charge in [-0.25, -0.2) is 0 Å². The van der Waals surface area contributed by atoms with Gasteiger partial charge >= 0.3 is 0 Å². The van der Waals surface area contributed by atoms with E-state index in [1.807, 2.05) is 6.07 Å². The van der Waals surface area contributed by atoms with Crippen LogP contribution in [0.15, 0.2) is 27.5 Å². The third kappa shape index (κ3) is 1.99. The SMILES string of the molecule is CC(C)Cc1ccc2c(c1)S(=O)(=O)N=C2Cl. The summed E-state index contributed by atoms with van der Waals surface area (Å²) in [7, 11) is -3.56. The van der Waals surface area contributed by atoms with Crippen molar-refractivity contribution in [3.05, 3.63) is 29.3 Å². The molecular weight excluding hydrogens is 246 g/mol. The van der Waals surface area contributed by atoms with Crippen molar-refractivity contribution in [2.75, 3.05) is 0 Å². The van der Waals surface area contributed by atoms with Crippen molar-refractivity contribution < 1.29 is 8.42 Å². The van der Waals surface area contributed by atoms with E-state index in [0.717, 1.165) is 12.0 Å². The van der Waals surface area contributed by atoms with Crippen LogP contribution in [0.4, 0.5) is 0 Å². The van der Waals surface area contributed by atoms with Crippen molar-refractivity contribution in [1.29, 1.82) is 0 Å². The van der Waals surface area contributed by atoms with Crippen LogP contribution >= 0.6 is 11.6 Å². The maximum absolute atomic E-state index is 11.6. The van der Waals surface area contributed by atoms with Crippen LogP contribution in [-0.4, -0.2) is 13.6 Å². The zero-order chi connectivity index (χ0) is 11.9. The van der Waals surface area contributed by atoms with Crippen LogP contribution in [-0.2, 0) is 16.4 Å². The molecule has 3 nitrogen and oxygen atoms in total. The zero-order valence-electron chi connectivity index (χ0n) is 9.07. The average molecular weight is 258 g/mol. The van der Waals surface area contributed by atoms with Crippen molar-refractivity contribution in [2.24, 2.45) is 10.3 Å². The number of fused-ring (bicyclic) bond motifs is 1. The van der Waals surface area contributed by atoms with Gasteiger partial charge in [0.05, 0.1) is 4.90 Å². The summed E-state index contributed by atoms with van der Waals surface area (Å²) in [5.74, 6) is 0.485. The highest BCUT2D eigenvalue weighted by Gasteiger charge is 2.27. The summed E-state index contributed by atoms with van der Waals surface area (Å²) in [6.07, 6.45) is 0.848. The second-order valence-electron chi connectivity index (χ2n) is 4.29. The number of halogens is 1. The predicted molar refractivity (Wildman–Crippen MR) is 64.6 cm³/mol. The van der Waals surface area contributed by atoms with Gasteiger partial charge in [0.1, 0.15) is 0 Å². The van der Waals surface area contributed by atoms with Crippen molar-refractivity contribution in [1.82, 2.24) is 0 Å². The smallest absolute Gasteiger partial charge is 0.199 e. The third-order valence-corrected chi connectivity index (χ3v) is 4.10. The second-order valence-corrected chi connectivity index (χ2v) is 6.22. The first-order chi connectivity index (χ1) is 7.40. The van der Waals surface area contributed by atoms with Crippen LogP contribution in [0.3, 0.4) is 0 Å². The molecule has 0 atom stereocenters. The minimum Gasteiger partial charge on any atom is -0.199 e. The summed E-state index contributed by atoms with van der Waals surface area (Å²) < 4.78 is 26.7. The van der Waals surface area contributed by atoms with E-state index < -0.39 is 10.0 Å². The quantitative estimate of drug-likeness (QED) is 0.818. The van der Waals surface area contributed by atoms with E-state index in [0.29, 0.717) is 11.5 Å². The van der Waals surface area contributed by atoms with Gasteiger partial charge in [-0.05, 0) is 24.0 Å². The molecule has 0 fully saturated rings. The van der Waals surface area contributed by atoms with Crippen LogP contribution in [0.5, 0.6) is 0 Å². The highest BCUT2D eigenvalue weighted by atomic mass is 35.5. The molecule has 0 amide bonds. The summed E-state index contributed by atoms with van der Waals surface area (Å²) in [5, 5.41) is 0.0612. The number of hydrogen-bond donors (Lipinski definition) is 0. The molecule has 1 heterocycles. The second kappa shape index (κ2) is 3.86. The Labute approximate surface area is 100 Å². The van der Waals surface area contributed by atoms with E-state index in [-0.39, 0.29) is 10.1 Å². The topological polar surface area (TPSA) is 46.5 Å². The fraction of sp³-hybridized carbons (Fsp3) is 0.364. The Hall–Kier alpha value is -0.870. The molecule has 5 heteroatoms. The fourth-order valence-corrected chi connectivity index (χ4v) is 3.40. The van der Waals surface area contributed by atoms with Crippen LogP contribution in [0, 0.1) is 5.92 Å². The minimum absolute atomic E-state index is 0.0612. The summed E-state index contributed by atoms with van der Waals surface area (Å²) in [5.41, 5.74) is 1.51.